The van der Waals surface area contributed by atoms with Gasteiger partial charge in [-0.05, 0) is 0 Å². The molecule has 0 aliphatic heterocycles. The molecule has 0 saturated heterocycles. The van der Waals surface area contributed by atoms with Gasteiger partial charge in [-0.3, -0.25) is 0 Å². The van der Waals surface area contributed by atoms with Crippen LogP contribution in [-0.4, -0.2) is 31.6 Å². The first kappa shape index (κ1) is 8.74. The Labute approximate surface area is 60.7 Å². The maximum absolute atomic E-state index is 8.27. The molecule has 0 bridgehead atoms. The van der Waals surface area contributed by atoms with Gasteiger partial charge in [0.2, 0.25) is 0 Å². The molecule has 0 aromatic carbocycles. The summed E-state index contributed by atoms with van der Waals surface area (Å²) < 4.78 is 0. The van der Waals surface area contributed by atoms with E-state index in [0.717, 1.165) is 0 Å². The van der Waals surface area contributed by atoms with Gasteiger partial charge in [-0.15, -0.1) is 0 Å². The molecular weight excluding hydrogens is 128 g/mol. The molecule has 4 nitrogen and oxygen atoms in total. The van der Waals surface area contributed by atoms with Gasteiger partial charge >= 0.3 is 0 Å². The standard InChI is InChI=1S/C6H10N4/c1-10(6-8)5-4-9-3-2-7/h9H,3-5H2,1H3. The van der Waals surface area contributed by atoms with Crippen molar-refractivity contribution in [2.24, 2.45) is 0 Å². The summed E-state index contributed by atoms with van der Waals surface area (Å²) in [7, 11) is 1.70. The first-order valence-corrected chi connectivity index (χ1v) is 2.99. The third-order valence-electron chi connectivity index (χ3n) is 0.999. The summed E-state index contributed by atoms with van der Waals surface area (Å²) in [6.45, 7) is 1.68. The maximum atomic E-state index is 8.27. The predicted molar refractivity (Wildman–Crippen MR) is 36.7 cm³/mol. The summed E-state index contributed by atoms with van der Waals surface area (Å²) in [4.78, 5) is 1.50. The number of nitrogens with one attached hydrogen (secondary N) is 1. The number of nitriles is 2. The highest BCUT2D eigenvalue weighted by Gasteiger charge is 1.90. The van der Waals surface area contributed by atoms with Crippen molar-refractivity contribution in [3.05, 3.63) is 0 Å². The minimum absolute atomic E-state index is 0.346. The second kappa shape index (κ2) is 5.87. The molecule has 0 heterocycles. The fourth-order valence-corrected chi connectivity index (χ4v) is 0.441. The van der Waals surface area contributed by atoms with Crippen LogP contribution in [0.25, 0.3) is 0 Å². The van der Waals surface area contributed by atoms with E-state index in [-0.39, 0.29) is 0 Å². The zero-order valence-electron chi connectivity index (χ0n) is 5.96. The van der Waals surface area contributed by atoms with Gasteiger partial charge in [0.05, 0.1) is 12.6 Å². The highest BCUT2D eigenvalue weighted by Crippen LogP contribution is 1.72. The lowest BCUT2D eigenvalue weighted by Crippen LogP contribution is -2.26. The maximum Gasteiger partial charge on any atom is 0.179 e. The quantitative estimate of drug-likeness (QED) is 0.246. The van der Waals surface area contributed by atoms with Crippen molar-refractivity contribution in [2.45, 2.75) is 0 Å². The Balaban J connectivity index is 3.07. The van der Waals surface area contributed by atoms with E-state index in [4.69, 9.17) is 10.5 Å². The van der Waals surface area contributed by atoms with Crippen LogP contribution in [0, 0.1) is 22.8 Å². The minimum atomic E-state index is 0.346. The van der Waals surface area contributed by atoms with Gasteiger partial charge in [-0.1, -0.05) is 0 Å². The van der Waals surface area contributed by atoms with E-state index in [1.54, 1.807) is 7.05 Å². The van der Waals surface area contributed by atoms with E-state index in [9.17, 15) is 0 Å². The van der Waals surface area contributed by atoms with Crippen molar-refractivity contribution >= 4 is 0 Å². The van der Waals surface area contributed by atoms with Crippen molar-refractivity contribution < 1.29 is 0 Å². The first-order valence-electron chi connectivity index (χ1n) is 2.99. The Morgan fingerprint density at radius 3 is 2.70 bits per heavy atom. The molecule has 0 radical (unpaired) electrons. The lowest BCUT2D eigenvalue weighted by molar-refractivity contribution is 0.464. The van der Waals surface area contributed by atoms with E-state index in [1.165, 1.54) is 4.90 Å². The molecule has 0 aliphatic rings. The molecule has 54 valence electrons. The van der Waals surface area contributed by atoms with Crippen LogP contribution in [0.1, 0.15) is 0 Å². The van der Waals surface area contributed by atoms with E-state index in [1.807, 2.05) is 12.3 Å². The fourth-order valence-electron chi connectivity index (χ4n) is 0.441. The minimum Gasteiger partial charge on any atom is -0.312 e. The first-order chi connectivity index (χ1) is 4.81. The van der Waals surface area contributed by atoms with Crippen LogP contribution in [0.3, 0.4) is 0 Å². The van der Waals surface area contributed by atoms with Gasteiger partial charge < -0.3 is 10.2 Å². The zero-order valence-corrected chi connectivity index (χ0v) is 5.96. The Morgan fingerprint density at radius 2 is 2.20 bits per heavy atom. The van der Waals surface area contributed by atoms with Crippen molar-refractivity contribution in [3.8, 4) is 12.3 Å². The lowest BCUT2D eigenvalue weighted by atomic mass is 10.5. The summed E-state index contributed by atoms with van der Waals surface area (Å²) >= 11 is 0. The molecule has 0 aromatic heterocycles. The Kier molecular flexibility index (Phi) is 5.13. The van der Waals surface area contributed by atoms with Crippen LogP contribution in [0.4, 0.5) is 0 Å². The summed E-state index contributed by atoms with van der Waals surface area (Å²) in [5.41, 5.74) is 0. The van der Waals surface area contributed by atoms with Crippen LogP contribution in [0.5, 0.6) is 0 Å². The van der Waals surface area contributed by atoms with E-state index in [0.29, 0.717) is 19.6 Å². The number of hydrogen-bond donors (Lipinski definition) is 1. The second-order valence-electron chi connectivity index (χ2n) is 1.86. The smallest absolute Gasteiger partial charge is 0.179 e. The van der Waals surface area contributed by atoms with Gasteiger partial charge in [-0.2, -0.15) is 10.5 Å². The Hall–Kier alpha value is -1.26. The van der Waals surface area contributed by atoms with Crippen LogP contribution in [0.2, 0.25) is 0 Å². The molecule has 0 saturated carbocycles. The van der Waals surface area contributed by atoms with Crippen molar-refractivity contribution in [2.75, 3.05) is 26.7 Å². The third-order valence-corrected chi connectivity index (χ3v) is 0.999. The average molecular weight is 138 g/mol. The molecule has 0 unspecified atom stereocenters. The molecule has 0 rings (SSSR count). The Morgan fingerprint density at radius 1 is 1.50 bits per heavy atom. The zero-order chi connectivity index (χ0) is 7.82. The Bertz CT molecular complexity index is 152. The predicted octanol–water partition coefficient (Wildman–Crippen LogP) is -0.488. The van der Waals surface area contributed by atoms with Crippen LogP contribution in [-0.2, 0) is 0 Å². The summed E-state index contributed by atoms with van der Waals surface area (Å²) in [6, 6.07) is 1.95. The van der Waals surface area contributed by atoms with Crippen molar-refractivity contribution in [1.29, 1.82) is 10.5 Å². The van der Waals surface area contributed by atoms with Crippen LogP contribution < -0.4 is 5.32 Å². The highest BCUT2D eigenvalue weighted by atomic mass is 15.1. The summed E-state index contributed by atoms with van der Waals surface area (Å²) in [5.74, 6) is 0. The molecular formula is C6H10N4. The van der Waals surface area contributed by atoms with E-state index >= 15 is 0 Å². The SMILES string of the molecule is CN(C#N)CCNCC#N. The van der Waals surface area contributed by atoms with E-state index < -0.39 is 0 Å². The molecule has 0 atom stereocenters. The van der Waals surface area contributed by atoms with Crippen LogP contribution >= 0.6 is 0 Å². The molecule has 10 heavy (non-hydrogen) atoms. The monoisotopic (exact) mass is 138 g/mol. The average Bonchev–Trinajstić information content (AvgIpc) is 1.98. The van der Waals surface area contributed by atoms with Crippen molar-refractivity contribution in [1.82, 2.24) is 10.2 Å². The second-order valence-corrected chi connectivity index (χ2v) is 1.86. The molecule has 0 spiro atoms. The number of nitrogens with zero attached hydrogens (tertiary/aromatic N) is 3. The van der Waals surface area contributed by atoms with Gasteiger partial charge in [-0.25, -0.2) is 0 Å². The van der Waals surface area contributed by atoms with Gasteiger partial charge in [0.15, 0.2) is 6.19 Å². The largest absolute Gasteiger partial charge is 0.312 e. The number of hydrogen-bond acceptors (Lipinski definition) is 4. The fraction of sp³-hybridized carbons (Fsp3) is 0.667. The topological polar surface area (TPSA) is 62.9 Å². The summed E-state index contributed by atoms with van der Waals surface area (Å²) in [6.07, 6.45) is 1.95. The van der Waals surface area contributed by atoms with Gasteiger partial charge in [0.25, 0.3) is 0 Å². The molecule has 0 amide bonds. The van der Waals surface area contributed by atoms with Crippen LogP contribution in [0.15, 0.2) is 0 Å². The summed E-state index contributed by atoms with van der Waals surface area (Å²) in [5, 5.41) is 19.2. The van der Waals surface area contributed by atoms with Gasteiger partial charge in [0, 0.05) is 20.1 Å². The normalized spacial score (nSPS) is 7.90. The number of likely N-dealkylation sites (N-methyl/N-ethyl adjacent to an activating group) is 1. The van der Waals surface area contributed by atoms with Gasteiger partial charge in [0.1, 0.15) is 0 Å². The molecule has 0 aliphatic carbocycles. The lowest BCUT2D eigenvalue weighted by Gasteiger charge is -2.06. The third kappa shape index (κ3) is 4.89. The molecule has 0 aromatic rings. The highest BCUT2D eigenvalue weighted by molar-refractivity contribution is 4.74. The van der Waals surface area contributed by atoms with Crippen molar-refractivity contribution in [3.63, 3.8) is 0 Å². The molecule has 4 heteroatoms. The molecule has 1 N–H and O–H groups in total. The molecule has 0 fully saturated rings. The number of rotatable bonds is 4. The van der Waals surface area contributed by atoms with E-state index in [2.05, 4.69) is 5.32 Å².